The molecular formula is C15H21N7O. The van der Waals surface area contributed by atoms with Gasteiger partial charge in [-0.25, -0.2) is 0 Å². The van der Waals surface area contributed by atoms with Gasteiger partial charge in [0.15, 0.2) is 11.5 Å². The second kappa shape index (κ2) is 6.86. The van der Waals surface area contributed by atoms with Crippen molar-refractivity contribution in [2.75, 3.05) is 13.1 Å². The molecule has 0 aliphatic carbocycles. The summed E-state index contributed by atoms with van der Waals surface area (Å²) in [5.41, 5.74) is -0.362. The van der Waals surface area contributed by atoms with Crippen molar-refractivity contribution in [1.29, 1.82) is 0 Å². The Morgan fingerprint density at radius 2 is 2.13 bits per heavy atom. The number of H-pyrrole nitrogens is 1. The number of tetrazole rings is 1. The van der Waals surface area contributed by atoms with Gasteiger partial charge in [-0.05, 0) is 18.8 Å². The molecule has 23 heavy (non-hydrogen) atoms. The standard InChI is InChI=1S/C15H21N7O/c1-2-3-7-15(18-19-15)8-4-14(23)22-9-5-12(6-10-22)11-13-16-20-21-17-13/h1,12H,3-11H2,(H,16,17,20,21). The van der Waals surface area contributed by atoms with Crippen LogP contribution >= 0.6 is 0 Å². The Bertz CT molecular complexity index is 590. The summed E-state index contributed by atoms with van der Waals surface area (Å²) < 4.78 is 0. The van der Waals surface area contributed by atoms with Crippen LogP contribution in [0, 0.1) is 18.3 Å². The van der Waals surface area contributed by atoms with Gasteiger partial charge in [0.1, 0.15) is 0 Å². The number of nitrogens with one attached hydrogen (secondary N) is 1. The summed E-state index contributed by atoms with van der Waals surface area (Å²) in [6.07, 6.45) is 10.6. The normalized spacial score (nSPS) is 19.5. The first kappa shape index (κ1) is 15.6. The molecule has 0 saturated carbocycles. The Kier molecular flexibility index (Phi) is 4.65. The molecule has 1 aromatic heterocycles. The molecule has 0 bridgehead atoms. The van der Waals surface area contributed by atoms with E-state index in [0.717, 1.165) is 44.6 Å². The number of hydrogen-bond donors (Lipinski definition) is 1. The fourth-order valence-electron chi connectivity index (χ4n) is 3.05. The van der Waals surface area contributed by atoms with Crippen molar-refractivity contribution in [2.24, 2.45) is 16.1 Å². The maximum atomic E-state index is 12.3. The minimum Gasteiger partial charge on any atom is -0.343 e. The monoisotopic (exact) mass is 315 g/mol. The molecule has 8 nitrogen and oxygen atoms in total. The molecule has 0 aromatic carbocycles. The fourth-order valence-corrected chi connectivity index (χ4v) is 3.05. The molecule has 0 radical (unpaired) electrons. The molecule has 1 amide bonds. The van der Waals surface area contributed by atoms with Crippen molar-refractivity contribution in [1.82, 2.24) is 25.5 Å². The molecule has 8 heteroatoms. The second-order valence-electron chi connectivity index (χ2n) is 6.24. The largest absolute Gasteiger partial charge is 0.343 e. The van der Waals surface area contributed by atoms with Crippen molar-refractivity contribution in [3.05, 3.63) is 5.82 Å². The number of amides is 1. The molecule has 0 atom stereocenters. The number of rotatable bonds is 7. The Morgan fingerprint density at radius 1 is 1.35 bits per heavy atom. The van der Waals surface area contributed by atoms with E-state index in [2.05, 4.69) is 36.8 Å². The summed E-state index contributed by atoms with van der Waals surface area (Å²) in [5.74, 6) is 4.07. The van der Waals surface area contributed by atoms with Gasteiger partial charge in [-0.2, -0.15) is 15.4 Å². The maximum absolute atomic E-state index is 12.3. The molecule has 1 aromatic rings. The number of carbonyl (C=O) groups excluding carboxylic acids is 1. The minimum absolute atomic E-state index is 0.195. The zero-order valence-electron chi connectivity index (χ0n) is 13.1. The van der Waals surface area contributed by atoms with E-state index in [1.54, 1.807) is 0 Å². The van der Waals surface area contributed by atoms with E-state index in [1.165, 1.54) is 0 Å². The van der Waals surface area contributed by atoms with E-state index >= 15 is 0 Å². The van der Waals surface area contributed by atoms with Crippen molar-refractivity contribution >= 4 is 5.91 Å². The third-order valence-corrected chi connectivity index (χ3v) is 4.62. The lowest BCUT2D eigenvalue weighted by Crippen LogP contribution is -2.39. The lowest BCUT2D eigenvalue weighted by Gasteiger charge is -2.31. The van der Waals surface area contributed by atoms with E-state index in [0.29, 0.717) is 25.2 Å². The van der Waals surface area contributed by atoms with Gasteiger partial charge in [-0.1, -0.05) is 5.21 Å². The van der Waals surface area contributed by atoms with Crippen LogP contribution in [-0.2, 0) is 11.2 Å². The molecule has 122 valence electrons. The summed E-state index contributed by atoms with van der Waals surface area (Å²) in [6.45, 7) is 1.60. The molecule has 2 aliphatic heterocycles. The number of aromatic amines is 1. The van der Waals surface area contributed by atoms with Crippen molar-refractivity contribution in [2.45, 2.75) is 50.6 Å². The van der Waals surface area contributed by atoms with E-state index in [4.69, 9.17) is 6.42 Å². The third-order valence-electron chi connectivity index (χ3n) is 4.62. The number of terminal acetylenes is 1. The summed E-state index contributed by atoms with van der Waals surface area (Å²) >= 11 is 0. The Hall–Kier alpha value is -2.30. The molecule has 0 unspecified atom stereocenters. The Balaban J connectivity index is 1.38. The molecule has 3 heterocycles. The van der Waals surface area contributed by atoms with Gasteiger partial charge in [-0.15, -0.1) is 22.5 Å². The minimum atomic E-state index is -0.362. The average molecular weight is 315 g/mol. The molecular weight excluding hydrogens is 294 g/mol. The zero-order valence-corrected chi connectivity index (χ0v) is 13.1. The summed E-state index contributed by atoms with van der Waals surface area (Å²) in [5, 5.41) is 22.2. The molecule has 1 fully saturated rings. The van der Waals surface area contributed by atoms with Crippen molar-refractivity contribution in [3.8, 4) is 12.3 Å². The maximum Gasteiger partial charge on any atom is 0.222 e. The van der Waals surface area contributed by atoms with Gasteiger partial charge in [0.25, 0.3) is 0 Å². The van der Waals surface area contributed by atoms with Crippen LogP contribution in [0.4, 0.5) is 0 Å². The molecule has 1 saturated heterocycles. The lowest BCUT2D eigenvalue weighted by atomic mass is 9.93. The number of hydrogen-bond acceptors (Lipinski definition) is 6. The van der Waals surface area contributed by atoms with Gasteiger partial charge in [0.2, 0.25) is 5.91 Å². The summed E-state index contributed by atoms with van der Waals surface area (Å²) in [4.78, 5) is 14.3. The van der Waals surface area contributed by atoms with E-state index < -0.39 is 0 Å². The topological polar surface area (TPSA) is 99.5 Å². The molecule has 0 spiro atoms. The van der Waals surface area contributed by atoms with Crippen molar-refractivity contribution < 1.29 is 4.79 Å². The van der Waals surface area contributed by atoms with Crippen LogP contribution in [0.3, 0.4) is 0 Å². The Morgan fingerprint density at radius 3 is 2.74 bits per heavy atom. The highest BCUT2D eigenvalue weighted by molar-refractivity contribution is 5.76. The average Bonchev–Trinajstić information content (AvgIpc) is 3.17. The zero-order chi connectivity index (χ0) is 16.1. The van der Waals surface area contributed by atoms with E-state index in [1.807, 2.05) is 4.90 Å². The molecule has 1 N–H and O–H groups in total. The predicted molar refractivity (Wildman–Crippen MR) is 82.1 cm³/mol. The van der Waals surface area contributed by atoms with E-state index in [9.17, 15) is 4.79 Å². The summed E-state index contributed by atoms with van der Waals surface area (Å²) in [6, 6.07) is 0. The number of aromatic nitrogens is 4. The van der Waals surface area contributed by atoms with Gasteiger partial charge in [-0.3, -0.25) is 4.79 Å². The second-order valence-corrected chi connectivity index (χ2v) is 6.24. The van der Waals surface area contributed by atoms with Gasteiger partial charge in [0.05, 0.1) is 0 Å². The highest BCUT2D eigenvalue weighted by Gasteiger charge is 2.39. The first-order chi connectivity index (χ1) is 11.2. The highest BCUT2D eigenvalue weighted by atomic mass is 16.2. The number of piperidine rings is 1. The highest BCUT2D eigenvalue weighted by Crippen LogP contribution is 2.37. The van der Waals surface area contributed by atoms with Crippen LogP contribution in [0.15, 0.2) is 10.2 Å². The molecule has 2 aliphatic rings. The quantitative estimate of drug-likeness (QED) is 0.767. The van der Waals surface area contributed by atoms with Crippen LogP contribution in [-0.4, -0.2) is 50.2 Å². The summed E-state index contributed by atoms with van der Waals surface area (Å²) in [7, 11) is 0. The van der Waals surface area contributed by atoms with Crippen LogP contribution < -0.4 is 0 Å². The number of nitrogens with zero attached hydrogens (tertiary/aromatic N) is 6. The number of carbonyl (C=O) groups is 1. The van der Waals surface area contributed by atoms with Crippen molar-refractivity contribution in [3.63, 3.8) is 0 Å². The predicted octanol–water partition coefficient (Wildman–Crippen LogP) is 1.34. The van der Waals surface area contributed by atoms with Crippen LogP contribution in [0.5, 0.6) is 0 Å². The van der Waals surface area contributed by atoms with Crippen LogP contribution in [0.25, 0.3) is 0 Å². The van der Waals surface area contributed by atoms with Crippen LogP contribution in [0.1, 0.15) is 44.3 Å². The van der Waals surface area contributed by atoms with Gasteiger partial charge < -0.3 is 4.90 Å². The van der Waals surface area contributed by atoms with E-state index in [-0.39, 0.29) is 11.6 Å². The third kappa shape index (κ3) is 4.12. The number of likely N-dealkylation sites (tertiary alicyclic amines) is 1. The molecule has 3 rings (SSSR count). The SMILES string of the molecule is C#CCCC1(CCC(=O)N2CCC(Cc3nn[nH]n3)CC2)N=N1. The Labute approximate surface area is 135 Å². The first-order valence-corrected chi connectivity index (χ1v) is 8.08. The smallest absolute Gasteiger partial charge is 0.222 e. The lowest BCUT2D eigenvalue weighted by molar-refractivity contribution is -0.132. The first-order valence-electron chi connectivity index (χ1n) is 8.08. The van der Waals surface area contributed by atoms with Gasteiger partial charge >= 0.3 is 0 Å². The fraction of sp³-hybridized carbons (Fsp3) is 0.733. The van der Waals surface area contributed by atoms with Crippen LogP contribution in [0.2, 0.25) is 0 Å². The van der Waals surface area contributed by atoms with Gasteiger partial charge in [0, 0.05) is 45.2 Å².